The van der Waals surface area contributed by atoms with Gasteiger partial charge in [0.15, 0.2) is 16.8 Å². The van der Waals surface area contributed by atoms with E-state index >= 15 is 0 Å². The minimum Gasteiger partial charge on any atom is -0.449 e. The van der Waals surface area contributed by atoms with Gasteiger partial charge in [0.25, 0.3) is 0 Å². The van der Waals surface area contributed by atoms with Crippen LogP contribution in [0.2, 0.25) is 0 Å². The largest absolute Gasteiger partial charge is 0.449 e. The van der Waals surface area contributed by atoms with Crippen LogP contribution in [0, 0.1) is 0 Å². The Kier molecular flexibility index (Phi) is 6.85. The summed E-state index contributed by atoms with van der Waals surface area (Å²) in [6.45, 7) is 5.98. The summed E-state index contributed by atoms with van der Waals surface area (Å²) in [7, 11) is 0. The van der Waals surface area contributed by atoms with Gasteiger partial charge < -0.3 is 16.2 Å². The van der Waals surface area contributed by atoms with Gasteiger partial charge in [-0.2, -0.15) is 0 Å². The highest BCUT2D eigenvalue weighted by Crippen LogP contribution is 2.29. The number of amides is 1. The predicted octanol–water partition coefficient (Wildman–Crippen LogP) is 3.25. The lowest BCUT2D eigenvalue weighted by molar-refractivity contribution is 0.159. The maximum atomic E-state index is 12.5. The molecule has 0 spiro atoms. The second-order valence-corrected chi connectivity index (χ2v) is 6.20. The molecule has 0 atom stereocenters. The Morgan fingerprint density at radius 2 is 2.08 bits per heavy atom. The van der Waals surface area contributed by atoms with Crippen molar-refractivity contribution < 1.29 is 9.53 Å². The maximum absolute atomic E-state index is 12.5. The second kappa shape index (κ2) is 9.10. The van der Waals surface area contributed by atoms with E-state index < -0.39 is 6.09 Å². The van der Waals surface area contributed by atoms with Crippen molar-refractivity contribution in [2.24, 2.45) is 0 Å². The van der Waals surface area contributed by atoms with Crippen molar-refractivity contribution in [1.82, 2.24) is 9.97 Å². The Hall–Kier alpha value is -2.74. The Morgan fingerprint density at radius 3 is 2.73 bits per heavy atom. The summed E-state index contributed by atoms with van der Waals surface area (Å²) in [4.78, 5) is 22.4. The molecule has 0 aliphatic carbocycles. The molecule has 0 saturated heterocycles. The Balaban J connectivity index is 2.45. The van der Waals surface area contributed by atoms with Gasteiger partial charge in [0.05, 0.1) is 13.2 Å². The fourth-order valence-electron chi connectivity index (χ4n) is 2.38. The van der Waals surface area contributed by atoms with Crippen molar-refractivity contribution in [2.75, 3.05) is 29.2 Å². The highest BCUT2D eigenvalue weighted by Gasteiger charge is 2.24. The van der Waals surface area contributed by atoms with Crippen LogP contribution in [0.5, 0.6) is 0 Å². The van der Waals surface area contributed by atoms with Crippen LogP contribution in [-0.4, -0.2) is 28.9 Å². The first kappa shape index (κ1) is 19.6. The first-order chi connectivity index (χ1) is 12.5. The number of hydrogen-bond acceptors (Lipinski definition) is 7. The Labute approximate surface area is 157 Å². The third kappa shape index (κ3) is 4.66. The molecular formula is C18H23N5O2S. The highest BCUT2D eigenvalue weighted by molar-refractivity contribution is 7.98. The molecule has 0 radical (unpaired) electrons. The zero-order valence-corrected chi connectivity index (χ0v) is 15.8. The third-order valence-electron chi connectivity index (χ3n) is 3.57. The number of anilines is 3. The van der Waals surface area contributed by atoms with Gasteiger partial charge in [-0.15, -0.1) is 6.58 Å². The fraction of sp³-hybridized carbons (Fsp3) is 0.278. The number of benzene rings is 1. The lowest BCUT2D eigenvalue weighted by Crippen LogP contribution is -2.33. The van der Waals surface area contributed by atoms with Crippen LogP contribution in [0.3, 0.4) is 0 Å². The molecule has 0 fully saturated rings. The van der Waals surface area contributed by atoms with E-state index in [0.29, 0.717) is 5.16 Å². The first-order valence-electron chi connectivity index (χ1n) is 8.10. The highest BCUT2D eigenvalue weighted by atomic mass is 32.2. The zero-order chi connectivity index (χ0) is 19.1. The topological polar surface area (TPSA) is 107 Å². The molecule has 0 aliphatic heterocycles. The van der Waals surface area contributed by atoms with Gasteiger partial charge in [-0.3, -0.25) is 4.90 Å². The van der Waals surface area contributed by atoms with Crippen molar-refractivity contribution in [3.8, 4) is 0 Å². The number of nitrogens with two attached hydrogens (primary N) is 2. The van der Waals surface area contributed by atoms with E-state index in [-0.39, 0.29) is 30.5 Å². The van der Waals surface area contributed by atoms with Crippen molar-refractivity contribution >= 4 is 35.2 Å². The van der Waals surface area contributed by atoms with Gasteiger partial charge in [0.2, 0.25) is 0 Å². The summed E-state index contributed by atoms with van der Waals surface area (Å²) >= 11 is 1.32. The maximum Gasteiger partial charge on any atom is 0.415 e. The molecule has 0 bridgehead atoms. The van der Waals surface area contributed by atoms with Gasteiger partial charge in [-0.1, -0.05) is 42.1 Å². The zero-order valence-electron chi connectivity index (χ0n) is 14.9. The average Bonchev–Trinajstić information content (AvgIpc) is 2.63. The van der Waals surface area contributed by atoms with Gasteiger partial charge in [0.1, 0.15) is 5.69 Å². The van der Waals surface area contributed by atoms with E-state index in [4.69, 9.17) is 16.2 Å². The minimum atomic E-state index is -0.543. The first-order valence-corrected chi connectivity index (χ1v) is 9.32. The number of ether oxygens (including phenoxy) is 1. The number of carbonyl (C=O) groups is 1. The van der Waals surface area contributed by atoms with E-state index in [1.165, 1.54) is 16.7 Å². The number of carbonyl (C=O) groups excluding carboxylic acids is 1. The molecule has 0 saturated carbocycles. The van der Waals surface area contributed by atoms with Crippen molar-refractivity contribution in [2.45, 2.75) is 25.0 Å². The standard InChI is InChI=1S/C18H23N5O2S/c1-4-7-12-8-6-9-13(10-12)11-23(18(24)25-5-2)16-14(19)15(20)21-17(22-16)26-3/h4,6,8-10H,1,5,7,11,19H2,2-3H3,(H2,20,21,22). The van der Waals surface area contributed by atoms with Crippen LogP contribution >= 0.6 is 11.8 Å². The van der Waals surface area contributed by atoms with E-state index in [9.17, 15) is 4.79 Å². The molecule has 26 heavy (non-hydrogen) atoms. The fourth-order valence-corrected chi connectivity index (χ4v) is 2.75. The molecule has 0 unspecified atom stereocenters. The molecule has 0 aliphatic rings. The third-order valence-corrected chi connectivity index (χ3v) is 4.12. The molecule has 1 amide bonds. The van der Waals surface area contributed by atoms with Gasteiger partial charge >= 0.3 is 6.09 Å². The van der Waals surface area contributed by atoms with Crippen LogP contribution in [0.25, 0.3) is 0 Å². The summed E-state index contributed by atoms with van der Waals surface area (Å²) in [5, 5.41) is 0.432. The molecule has 4 N–H and O–H groups in total. The minimum absolute atomic E-state index is 0.133. The molecular weight excluding hydrogens is 350 g/mol. The molecule has 1 aromatic carbocycles. The number of thioether (sulfide) groups is 1. The van der Waals surface area contributed by atoms with E-state index in [2.05, 4.69) is 16.5 Å². The van der Waals surface area contributed by atoms with Crippen LogP contribution in [-0.2, 0) is 17.7 Å². The number of nitrogen functional groups attached to an aromatic ring is 2. The van der Waals surface area contributed by atoms with Crippen LogP contribution in [0.1, 0.15) is 18.1 Å². The summed E-state index contributed by atoms with van der Waals surface area (Å²) in [6, 6.07) is 7.87. The molecule has 2 aromatic rings. The van der Waals surface area contributed by atoms with Gasteiger partial charge in [0, 0.05) is 0 Å². The van der Waals surface area contributed by atoms with E-state index in [1.54, 1.807) is 6.92 Å². The Bertz CT molecular complexity index is 797. The van der Waals surface area contributed by atoms with Gasteiger partial charge in [-0.05, 0) is 30.7 Å². The predicted molar refractivity (Wildman–Crippen MR) is 106 cm³/mol. The summed E-state index contributed by atoms with van der Waals surface area (Å²) in [6.07, 6.45) is 3.85. The average molecular weight is 373 g/mol. The summed E-state index contributed by atoms with van der Waals surface area (Å²) in [5.74, 6) is 0.378. The molecule has 7 nitrogen and oxygen atoms in total. The van der Waals surface area contributed by atoms with Crippen LogP contribution in [0.15, 0.2) is 42.1 Å². The number of rotatable bonds is 7. The number of aromatic nitrogens is 2. The molecule has 1 heterocycles. The normalized spacial score (nSPS) is 10.4. The molecule has 2 rings (SSSR count). The second-order valence-electron chi connectivity index (χ2n) is 5.43. The van der Waals surface area contributed by atoms with Crippen LogP contribution in [0.4, 0.5) is 22.1 Å². The van der Waals surface area contributed by atoms with Crippen molar-refractivity contribution in [3.63, 3.8) is 0 Å². The SMILES string of the molecule is C=CCc1cccc(CN(C(=O)OCC)c2nc(SC)nc(N)c2N)c1. The summed E-state index contributed by atoms with van der Waals surface area (Å²) < 4.78 is 5.18. The molecule has 8 heteroatoms. The molecule has 1 aromatic heterocycles. The van der Waals surface area contributed by atoms with Crippen LogP contribution < -0.4 is 16.4 Å². The Morgan fingerprint density at radius 1 is 1.35 bits per heavy atom. The van der Waals surface area contributed by atoms with E-state index in [1.807, 2.05) is 36.6 Å². The monoisotopic (exact) mass is 373 g/mol. The number of nitrogens with zero attached hydrogens (tertiary/aromatic N) is 3. The number of allylic oxidation sites excluding steroid dienone is 1. The van der Waals surface area contributed by atoms with Crippen molar-refractivity contribution in [1.29, 1.82) is 0 Å². The molecule has 138 valence electrons. The smallest absolute Gasteiger partial charge is 0.415 e. The quantitative estimate of drug-likeness (QED) is 0.436. The van der Waals surface area contributed by atoms with Gasteiger partial charge in [-0.25, -0.2) is 14.8 Å². The lowest BCUT2D eigenvalue weighted by atomic mass is 10.1. The lowest BCUT2D eigenvalue weighted by Gasteiger charge is -2.23. The number of hydrogen-bond donors (Lipinski definition) is 2. The van der Waals surface area contributed by atoms with E-state index in [0.717, 1.165) is 17.5 Å². The van der Waals surface area contributed by atoms with Crippen molar-refractivity contribution in [3.05, 3.63) is 48.0 Å². The summed E-state index contributed by atoms with van der Waals surface area (Å²) in [5.41, 5.74) is 14.1.